The normalized spacial score (nSPS) is 19.1. The van der Waals surface area contributed by atoms with Crippen LogP contribution in [0, 0.1) is 0 Å². The number of nitrogens with two attached hydrogens (primary N) is 2. The zero-order valence-electron chi connectivity index (χ0n) is 30.2. The molecule has 2 radical (unpaired) electrons. The Bertz CT molecular complexity index is 2110. The van der Waals surface area contributed by atoms with E-state index < -0.39 is 11.5 Å². The maximum absolute atomic E-state index is 13.0. The number of amides is 2. The van der Waals surface area contributed by atoms with E-state index in [4.69, 9.17) is 24.4 Å². The second-order valence-corrected chi connectivity index (χ2v) is 13.7. The van der Waals surface area contributed by atoms with Crippen LogP contribution in [-0.4, -0.2) is 99.4 Å². The number of para-hydroxylation sites is 1. The molecule has 2 saturated heterocycles. The second-order valence-electron chi connectivity index (χ2n) is 13.7. The van der Waals surface area contributed by atoms with Gasteiger partial charge in [-0.2, -0.15) is 10.2 Å². The number of pyridine rings is 1. The SMILES string of the molecule is [B]C(O)(c1cccc(C(=O)N2CCCC2)n1)N1CC(n2ncc3c2C(C)N(C)c2c(NC(/C=C(\N)Nc4ccn(C)n4)=C(/N)C(=O)NC)cccc2-3)C1. The summed E-state index contributed by atoms with van der Waals surface area (Å²) in [5, 5.41) is 29.6. The van der Waals surface area contributed by atoms with E-state index in [0.717, 1.165) is 35.3 Å². The summed E-state index contributed by atoms with van der Waals surface area (Å²) < 4.78 is 3.65. The van der Waals surface area contributed by atoms with Crippen LogP contribution in [-0.2, 0) is 17.5 Å². The molecule has 6 heterocycles. The Morgan fingerprint density at radius 1 is 1.04 bits per heavy atom. The number of likely N-dealkylation sites (tertiary alicyclic amines) is 2. The lowest BCUT2D eigenvalue weighted by Gasteiger charge is -2.49. The van der Waals surface area contributed by atoms with E-state index in [1.807, 2.05) is 36.1 Å². The monoisotopic (exact) mass is 717 g/mol. The number of aliphatic hydroxyl groups is 1. The predicted molar refractivity (Wildman–Crippen MR) is 202 cm³/mol. The Balaban J connectivity index is 1.13. The molecule has 3 aliphatic heterocycles. The average molecular weight is 718 g/mol. The number of nitrogens with zero attached hydrogens (tertiary/aromatic N) is 8. The highest BCUT2D eigenvalue weighted by molar-refractivity contribution is 6.14. The van der Waals surface area contributed by atoms with Crippen LogP contribution in [0.4, 0.5) is 17.2 Å². The van der Waals surface area contributed by atoms with Crippen LogP contribution in [0.1, 0.15) is 53.7 Å². The first-order valence-corrected chi connectivity index (χ1v) is 17.6. The molecule has 2 fully saturated rings. The average Bonchev–Trinajstić information content (AvgIpc) is 3.91. The third-order valence-electron chi connectivity index (χ3n) is 10.2. The van der Waals surface area contributed by atoms with Crippen molar-refractivity contribution in [1.29, 1.82) is 0 Å². The summed E-state index contributed by atoms with van der Waals surface area (Å²) >= 11 is 0. The number of benzene rings is 1. The van der Waals surface area contributed by atoms with Crippen molar-refractivity contribution in [2.45, 2.75) is 37.5 Å². The Labute approximate surface area is 308 Å². The minimum atomic E-state index is -1.87. The van der Waals surface area contributed by atoms with Gasteiger partial charge in [0.05, 0.1) is 46.7 Å². The van der Waals surface area contributed by atoms with Crippen LogP contribution in [0.15, 0.2) is 78.1 Å². The Kier molecular flexibility index (Phi) is 9.38. The van der Waals surface area contributed by atoms with Gasteiger partial charge in [0, 0.05) is 76.8 Å². The van der Waals surface area contributed by atoms with E-state index in [2.05, 4.69) is 37.9 Å². The minimum absolute atomic E-state index is 0.0505. The molecule has 3 aliphatic rings. The molecule has 0 bridgehead atoms. The zero-order valence-corrected chi connectivity index (χ0v) is 30.2. The van der Waals surface area contributed by atoms with Crippen molar-refractivity contribution < 1.29 is 14.7 Å². The third-order valence-corrected chi connectivity index (χ3v) is 10.2. The number of rotatable bonds is 10. The summed E-state index contributed by atoms with van der Waals surface area (Å²) in [4.78, 5) is 35.8. The van der Waals surface area contributed by atoms with Gasteiger partial charge in [0.2, 0.25) is 0 Å². The fourth-order valence-corrected chi connectivity index (χ4v) is 7.20. The summed E-state index contributed by atoms with van der Waals surface area (Å²) in [7, 11) is 11.8. The molecule has 8 N–H and O–H groups in total. The van der Waals surface area contributed by atoms with Crippen LogP contribution in [0.5, 0.6) is 0 Å². The van der Waals surface area contributed by atoms with Crippen molar-refractivity contribution in [3.05, 3.63) is 95.2 Å². The summed E-state index contributed by atoms with van der Waals surface area (Å²) in [5.41, 5.74) is 16.1. The Morgan fingerprint density at radius 3 is 2.47 bits per heavy atom. The molecule has 7 rings (SSSR count). The summed E-state index contributed by atoms with van der Waals surface area (Å²) in [6, 6.07) is 12.5. The van der Waals surface area contributed by atoms with Gasteiger partial charge in [0.15, 0.2) is 5.82 Å². The van der Waals surface area contributed by atoms with Crippen molar-refractivity contribution in [3.8, 4) is 11.1 Å². The van der Waals surface area contributed by atoms with Gasteiger partial charge in [0.25, 0.3) is 11.8 Å². The molecule has 2 amide bonds. The lowest BCUT2D eigenvalue weighted by Crippen LogP contribution is -2.59. The first-order valence-electron chi connectivity index (χ1n) is 17.6. The van der Waals surface area contributed by atoms with Gasteiger partial charge in [-0.05, 0) is 38.0 Å². The maximum Gasteiger partial charge on any atom is 0.272 e. The number of hydrogen-bond donors (Lipinski definition) is 6. The molecule has 17 heteroatoms. The number of anilines is 3. The number of aryl methyl sites for hydroxylation is 1. The number of likely N-dealkylation sites (N-methyl/N-ethyl adjacent to an activating group) is 1. The second kappa shape index (κ2) is 14.0. The van der Waals surface area contributed by atoms with E-state index in [-0.39, 0.29) is 40.9 Å². The zero-order chi connectivity index (χ0) is 37.6. The highest BCUT2D eigenvalue weighted by atomic mass is 16.3. The summed E-state index contributed by atoms with van der Waals surface area (Å²) in [6.07, 6.45) is 7.15. The van der Waals surface area contributed by atoms with Crippen molar-refractivity contribution in [2.75, 3.05) is 55.8 Å². The van der Waals surface area contributed by atoms with Crippen molar-refractivity contribution in [2.24, 2.45) is 18.5 Å². The van der Waals surface area contributed by atoms with Crippen molar-refractivity contribution >= 4 is 36.9 Å². The van der Waals surface area contributed by atoms with Crippen LogP contribution < -0.4 is 32.3 Å². The van der Waals surface area contributed by atoms with E-state index in [0.29, 0.717) is 43.4 Å². The van der Waals surface area contributed by atoms with Crippen molar-refractivity contribution in [3.63, 3.8) is 0 Å². The number of carbonyl (C=O) groups excluding carboxylic acids is 2. The van der Waals surface area contributed by atoms with Crippen LogP contribution in [0.25, 0.3) is 11.1 Å². The van der Waals surface area contributed by atoms with E-state index in [1.54, 1.807) is 58.1 Å². The van der Waals surface area contributed by atoms with Gasteiger partial charge >= 0.3 is 0 Å². The fraction of sp³-hybridized carbons (Fsp3) is 0.361. The number of aromatic nitrogens is 5. The molecule has 16 nitrogen and oxygen atoms in total. The highest BCUT2D eigenvalue weighted by Crippen LogP contribution is 2.49. The standard InChI is InChI=1S/C36H44BN13O3/c1-21-32-24(18-41-50(32)22-19-49(20-22)36(37,53)28-12-8-11-26(43-28)35(52)48-14-5-6-15-48)23-9-7-10-25(33(23)47(21)4)42-27(31(39)34(51)40-2)17-29(38)44-30-13-16-46(3)45-30/h7-13,16-18,21-22,42,53H,5-6,14-15,19-20,38-39H2,1-4H3,(H,40,51)(H,44,45)/b29-17+,31-27+. The quantitative estimate of drug-likeness (QED) is 0.0786. The lowest BCUT2D eigenvalue weighted by molar-refractivity contribution is -0.117. The largest absolute Gasteiger partial charge is 0.393 e. The molecule has 274 valence electrons. The number of fused-ring (bicyclic) bond motifs is 3. The van der Waals surface area contributed by atoms with Crippen molar-refractivity contribution in [1.82, 2.24) is 39.7 Å². The molecule has 0 spiro atoms. The maximum atomic E-state index is 13.0. The van der Waals surface area contributed by atoms with Gasteiger partial charge in [-0.1, -0.05) is 18.2 Å². The van der Waals surface area contributed by atoms with E-state index >= 15 is 0 Å². The summed E-state index contributed by atoms with van der Waals surface area (Å²) in [6.45, 7) is 4.36. The number of nitrogens with one attached hydrogen (secondary N) is 3. The van der Waals surface area contributed by atoms with Gasteiger partial charge in [-0.25, -0.2) is 4.98 Å². The van der Waals surface area contributed by atoms with Gasteiger partial charge < -0.3 is 42.3 Å². The number of carbonyl (C=O) groups is 2. The minimum Gasteiger partial charge on any atom is -0.393 e. The molecule has 2 unspecified atom stereocenters. The molecular formula is C36H44BN13O3. The van der Waals surface area contributed by atoms with Crippen LogP contribution in [0.3, 0.4) is 0 Å². The van der Waals surface area contributed by atoms with Gasteiger partial charge in [-0.3, -0.25) is 23.9 Å². The number of hydrogen-bond acceptors (Lipinski definition) is 12. The molecule has 53 heavy (non-hydrogen) atoms. The predicted octanol–water partition coefficient (Wildman–Crippen LogP) is 1.49. The molecule has 3 aromatic heterocycles. The Hall–Kier alpha value is -5.81. The molecule has 2 atom stereocenters. The first-order chi connectivity index (χ1) is 25.4. The topological polar surface area (TPSA) is 201 Å². The van der Waals surface area contributed by atoms with Gasteiger partial charge in [0.1, 0.15) is 30.7 Å². The molecular weight excluding hydrogens is 673 g/mol. The number of allylic oxidation sites excluding steroid dienone is 1. The fourth-order valence-electron chi connectivity index (χ4n) is 7.20. The highest BCUT2D eigenvalue weighted by Gasteiger charge is 2.44. The Morgan fingerprint density at radius 2 is 1.77 bits per heavy atom. The summed E-state index contributed by atoms with van der Waals surface area (Å²) in [5.74, 6) is 0.144. The van der Waals surface area contributed by atoms with Crippen LogP contribution >= 0.6 is 0 Å². The molecule has 0 aliphatic carbocycles. The van der Waals surface area contributed by atoms with Gasteiger partial charge in [-0.15, -0.1) is 0 Å². The molecule has 1 aromatic carbocycles. The third kappa shape index (κ3) is 6.57. The lowest BCUT2D eigenvalue weighted by atomic mass is 9.82. The van der Waals surface area contributed by atoms with E-state index in [1.165, 1.54) is 7.05 Å². The molecule has 4 aromatic rings. The molecule has 0 saturated carbocycles. The smallest absolute Gasteiger partial charge is 0.272 e. The first kappa shape index (κ1) is 35.6. The van der Waals surface area contributed by atoms with Crippen LogP contribution in [0.2, 0.25) is 0 Å². The van der Waals surface area contributed by atoms with E-state index in [9.17, 15) is 14.7 Å².